The first-order chi connectivity index (χ1) is 14.7. The fourth-order valence-electron chi connectivity index (χ4n) is 2.99. The molecular formula is C21H15F4N3OS2. The minimum atomic E-state index is -4.58. The summed E-state index contributed by atoms with van der Waals surface area (Å²) in [7, 11) is 0. The molecule has 2 aromatic heterocycles. The Balaban J connectivity index is 1.63. The number of hydrogen-bond donors (Lipinski definition) is 1. The maximum atomic E-state index is 14.5. The third-order valence-corrected chi connectivity index (χ3v) is 6.97. The van der Waals surface area contributed by atoms with Crippen molar-refractivity contribution in [3.05, 3.63) is 66.2 Å². The molecule has 31 heavy (non-hydrogen) atoms. The minimum Gasteiger partial charge on any atom is -0.611 e. The summed E-state index contributed by atoms with van der Waals surface area (Å²) in [5, 5.41) is 3.66. The number of fused-ring (bicyclic) bond motifs is 1. The Labute approximate surface area is 182 Å². The topological polar surface area (TPSA) is 60.9 Å². The van der Waals surface area contributed by atoms with E-state index >= 15 is 0 Å². The second-order valence-electron chi connectivity index (χ2n) is 6.77. The van der Waals surface area contributed by atoms with E-state index in [2.05, 4.69) is 15.3 Å². The molecule has 4 aromatic rings. The number of hydrogen-bond acceptors (Lipinski definition) is 5. The van der Waals surface area contributed by atoms with Crippen molar-refractivity contribution in [2.75, 3.05) is 11.1 Å². The van der Waals surface area contributed by atoms with E-state index in [4.69, 9.17) is 0 Å². The van der Waals surface area contributed by atoms with Crippen molar-refractivity contribution in [1.82, 2.24) is 9.97 Å². The monoisotopic (exact) mass is 465 g/mol. The zero-order valence-electron chi connectivity index (χ0n) is 16.0. The van der Waals surface area contributed by atoms with Gasteiger partial charge >= 0.3 is 6.18 Å². The maximum absolute atomic E-state index is 14.5. The molecule has 4 rings (SSSR count). The zero-order valence-corrected chi connectivity index (χ0v) is 17.7. The molecule has 0 fully saturated rings. The highest BCUT2D eigenvalue weighted by molar-refractivity contribution is 7.91. The molecule has 10 heteroatoms. The second kappa shape index (κ2) is 8.45. The summed E-state index contributed by atoms with van der Waals surface area (Å²) >= 11 is -0.889. The van der Waals surface area contributed by atoms with Crippen molar-refractivity contribution in [1.29, 1.82) is 0 Å². The van der Waals surface area contributed by atoms with E-state index in [-0.39, 0.29) is 16.1 Å². The van der Waals surface area contributed by atoms with Crippen LogP contribution in [0.15, 0.2) is 59.8 Å². The van der Waals surface area contributed by atoms with Crippen LogP contribution in [0.1, 0.15) is 5.56 Å². The lowest BCUT2D eigenvalue weighted by molar-refractivity contribution is -0.106. The Morgan fingerprint density at radius 1 is 1.16 bits per heavy atom. The van der Waals surface area contributed by atoms with E-state index in [1.54, 1.807) is 30.6 Å². The fourth-order valence-corrected chi connectivity index (χ4v) is 5.11. The highest BCUT2D eigenvalue weighted by atomic mass is 32.2. The average molecular weight is 465 g/mol. The Hall–Kier alpha value is -2.69. The predicted octanol–water partition coefficient (Wildman–Crippen LogP) is 6.22. The summed E-state index contributed by atoms with van der Waals surface area (Å²) < 4.78 is 65.3. The first-order valence-corrected chi connectivity index (χ1v) is 11.2. The highest BCUT2D eigenvalue weighted by Crippen LogP contribution is 2.34. The molecule has 4 nitrogen and oxygen atoms in total. The van der Waals surface area contributed by atoms with Crippen LogP contribution >= 0.6 is 11.3 Å². The van der Waals surface area contributed by atoms with Gasteiger partial charge in [0.1, 0.15) is 10.8 Å². The van der Waals surface area contributed by atoms with Crippen LogP contribution in [0.5, 0.6) is 0 Å². The molecule has 1 atom stereocenters. The largest absolute Gasteiger partial charge is 0.611 e. The second-order valence-corrected chi connectivity index (χ2v) is 9.22. The number of rotatable bonds is 5. The van der Waals surface area contributed by atoms with Gasteiger partial charge in [-0.05, 0) is 54.5 Å². The quantitative estimate of drug-likeness (QED) is 0.281. The van der Waals surface area contributed by atoms with Crippen LogP contribution in [-0.4, -0.2) is 26.4 Å². The van der Waals surface area contributed by atoms with Gasteiger partial charge in [-0.3, -0.25) is 4.98 Å². The predicted molar refractivity (Wildman–Crippen MR) is 115 cm³/mol. The first kappa shape index (κ1) is 21.5. The van der Waals surface area contributed by atoms with Crippen LogP contribution in [0.4, 0.5) is 28.9 Å². The SMILES string of the molecule is Cc1cc(F)c(Nc2ccc3nc(-c4cccnc4)sc3c2)cc1[S+]([O-])CC(F)(F)F. The number of aryl methyl sites for hydroxylation is 1. The van der Waals surface area contributed by atoms with Crippen molar-refractivity contribution in [2.24, 2.45) is 0 Å². The van der Waals surface area contributed by atoms with Crippen LogP contribution in [0.2, 0.25) is 0 Å². The van der Waals surface area contributed by atoms with E-state index < -0.39 is 28.9 Å². The van der Waals surface area contributed by atoms with Crippen molar-refractivity contribution < 1.29 is 22.1 Å². The van der Waals surface area contributed by atoms with Gasteiger partial charge in [0, 0.05) is 35.3 Å². The molecule has 1 N–H and O–H groups in total. The van der Waals surface area contributed by atoms with E-state index in [1.165, 1.54) is 24.3 Å². The molecule has 0 aliphatic rings. The molecule has 0 radical (unpaired) electrons. The lowest BCUT2D eigenvalue weighted by atomic mass is 10.2. The normalized spacial score (nSPS) is 12.8. The molecule has 0 aliphatic heterocycles. The van der Waals surface area contributed by atoms with E-state index in [0.29, 0.717) is 5.69 Å². The molecule has 0 saturated carbocycles. The molecule has 2 heterocycles. The van der Waals surface area contributed by atoms with Crippen LogP contribution in [-0.2, 0) is 11.2 Å². The van der Waals surface area contributed by atoms with Gasteiger partial charge in [-0.2, -0.15) is 13.2 Å². The van der Waals surface area contributed by atoms with Gasteiger partial charge in [0.2, 0.25) is 5.75 Å². The molecular weight excluding hydrogens is 450 g/mol. The number of aromatic nitrogens is 2. The third kappa shape index (κ3) is 4.97. The zero-order chi connectivity index (χ0) is 22.2. The molecule has 1 unspecified atom stereocenters. The smallest absolute Gasteiger partial charge is 0.433 e. The number of nitrogens with one attached hydrogen (secondary N) is 1. The Morgan fingerprint density at radius 2 is 1.97 bits per heavy atom. The summed E-state index contributed by atoms with van der Waals surface area (Å²) in [5.74, 6) is -2.13. The number of thiazole rings is 1. The summed E-state index contributed by atoms with van der Waals surface area (Å²) in [6.45, 7) is 1.43. The van der Waals surface area contributed by atoms with Crippen LogP contribution < -0.4 is 5.32 Å². The van der Waals surface area contributed by atoms with E-state index in [9.17, 15) is 22.1 Å². The van der Waals surface area contributed by atoms with Gasteiger partial charge in [0.05, 0.1) is 15.9 Å². The summed E-state index contributed by atoms with van der Waals surface area (Å²) in [6, 6.07) is 11.2. The first-order valence-electron chi connectivity index (χ1n) is 9.03. The molecule has 0 aliphatic carbocycles. The number of nitrogens with zero attached hydrogens (tertiary/aromatic N) is 2. The van der Waals surface area contributed by atoms with Gasteiger partial charge in [-0.1, -0.05) is 0 Å². The van der Waals surface area contributed by atoms with E-state index in [1.807, 2.05) is 12.1 Å². The summed E-state index contributed by atoms with van der Waals surface area (Å²) in [4.78, 5) is 8.59. The molecule has 2 aromatic carbocycles. The van der Waals surface area contributed by atoms with Crippen molar-refractivity contribution in [3.63, 3.8) is 0 Å². The minimum absolute atomic E-state index is 0.0486. The lowest BCUT2D eigenvalue weighted by Gasteiger charge is -2.16. The molecule has 0 bridgehead atoms. The number of anilines is 2. The molecule has 0 saturated heterocycles. The van der Waals surface area contributed by atoms with Crippen LogP contribution in [0.3, 0.4) is 0 Å². The standard InChI is InChI=1S/C21H15F4N3OS2/c1-12-7-15(22)17(9-19(12)31(29)11-21(23,24)25)27-14-4-5-16-18(8-14)30-20(28-16)13-3-2-6-26-10-13/h2-10,27H,11H2,1H3. The molecule has 0 spiro atoms. The number of pyridine rings is 1. The van der Waals surface area contributed by atoms with Crippen molar-refractivity contribution in [3.8, 4) is 10.6 Å². The Kier molecular flexibility index (Phi) is 5.87. The van der Waals surface area contributed by atoms with Crippen LogP contribution in [0, 0.1) is 12.7 Å². The van der Waals surface area contributed by atoms with Crippen molar-refractivity contribution in [2.45, 2.75) is 18.0 Å². The maximum Gasteiger partial charge on any atom is 0.433 e. The molecule has 0 amide bonds. The Bertz CT molecular complexity index is 1230. The van der Waals surface area contributed by atoms with Gasteiger partial charge in [-0.25, -0.2) is 9.37 Å². The summed E-state index contributed by atoms with van der Waals surface area (Å²) in [5.41, 5.74) is 2.31. The summed E-state index contributed by atoms with van der Waals surface area (Å²) in [6.07, 6.45) is -1.20. The van der Waals surface area contributed by atoms with Gasteiger partial charge in [-0.15, -0.1) is 11.3 Å². The number of alkyl halides is 3. The number of benzene rings is 2. The van der Waals surface area contributed by atoms with E-state index in [0.717, 1.165) is 26.9 Å². The molecule has 160 valence electrons. The lowest BCUT2D eigenvalue weighted by Crippen LogP contribution is -2.23. The van der Waals surface area contributed by atoms with Crippen molar-refractivity contribution >= 4 is 44.1 Å². The number of halogens is 4. The Morgan fingerprint density at radius 3 is 2.68 bits per heavy atom. The third-order valence-electron chi connectivity index (χ3n) is 4.38. The van der Waals surface area contributed by atoms with Gasteiger partial charge < -0.3 is 9.87 Å². The van der Waals surface area contributed by atoms with Gasteiger partial charge in [0.25, 0.3) is 0 Å². The highest BCUT2D eigenvalue weighted by Gasteiger charge is 2.36. The van der Waals surface area contributed by atoms with Gasteiger partial charge in [0.15, 0.2) is 4.90 Å². The fraction of sp³-hybridized carbons (Fsp3) is 0.143. The van der Waals surface area contributed by atoms with Crippen LogP contribution in [0.25, 0.3) is 20.8 Å². The average Bonchev–Trinajstić information content (AvgIpc) is 3.13.